The Morgan fingerprint density at radius 2 is 1.97 bits per heavy atom. The normalized spacial score (nSPS) is 17.7. The second-order valence-electron chi connectivity index (χ2n) is 9.22. The lowest BCUT2D eigenvalue weighted by molar-refractivity contribution is 0.0698. The van der Waals surface area contributed by atoms with E-state index in [0.29, 0.717) is 16.6 Å². The van der Waals surface area contributed by atoms with Crippen LogP contribution in [0.1, 0.15) is 60.1 Å². The highest BCUT2D eigenvalue weighted by atomic mass is 16.4. The number of nitrogens with zero attached hydrogens (tertiary/aromatic N) is 3. The third-order valence-electron chi connectivity index (χ3n) is 6.99. The summed E-state index contributed by atoms with van der Waals surface area (Å²) in [6.07, 6.45) is 4.60. The van der Waals surface area contributed by atoms with Gasteiger partial charge in [-0.25, -0.2) is 9.78 Å². The van der Waals surface area contributed by atoms with Crippen molar-refractivity contribution in [3.63, 3.8) is 0 Å². The Hall–Kier alpha value is -3.35. The highest BCUT2D eigenvalue weighted by Crippen LogP contribution is 2.50. The Morgan fingerprint density at radius 1 is 1.22 bits per heavy atom. The Labute approximate surface area is 186 Å². The first kappa shape index (κ1) is 20.5. The van der Waals surface area contributed by atoms with Crippen molar-refractivity contribution in [3.8, 4) is 0 Å². The predicted octanol–water partition coefficient (Wildman–Crippen LogP) is 4.25. The summed E-state index contributed by atoms with van der Waals surface area (Å²) in [6, 6.07) is 10.6. The van der Waals surface area contributed by atoms with Crippen molar-refractivity contribution in [2.24, 2.45) is 7.05 Å². The minimum atomic E-state index is -0.979. The quantitative estimate of drug-likeness (QED) is 0.627. The number of carbonyl (C=O) groups is 1. The molecule has 166 valence electrons. The minimum absolute atomic E-state index is 0.0456. The van der Waals surface area contributed by atoms with Crippen molar-refractivity contribution < 1.29 is 9.90 Å². The molecule has 32 heavy (non-hydrogen) atoms. The first-order valence-corrected chi connectivity index (χ1v) is 11.2. The molecular formula is C25H28N4O3. The zero-order valence-electron chi connectivity index (χ0n) is 18.7. The summed E-state index contributed by atoms with van der Waals surface area (Å²) in [7, 11) is 1.81. The van der Waals surface area contributed by atoms with Crippen LogP contribution in [0.4, 0.5) is 11.6 Å². The number of aryl methyl sites for hydroxylation is 1. The molecule has 1 aromatic heterocycles. The van der Waals surface area contributed by atoms with Gasteiger partial charge in [0.25, 0.3) is 5.56 Å². The van der Waals surface area contributed by atoms with Crippen molar-refractivity contribution in [2.75, 3.05) is 16.8 Å². The molecule has 5 rings (SSSR count). The first-order valence-electron chi connectivity index (χ1n) is 11.2. The van der Waals surface area contributed by atoms with Gasteiger partial charge in [0.05, 0.1) is 22.5 Å². The van der Waals surface area contributed by atoms with E-state index < -0.39 is 5.97 Å². The Morgan fingerprint density at radius 3 is 2.69 bits per heavy atom. The summed E-state index contributed by atoms with van der Waals surface area (Å²) >= 11 is 0. The molecule has 2 aliphatic rings. The van der Waals surface area contributed by atoms with E-state index >= 15 is 0 Å². The maximum atomic E-state index is 13.4. The Kier molecular flexibility index (Phi) is 4.73. The Bertz CT molecular complexity index is 1290. The van der Waals surface area contributed by atoms with Crippen LogP contribution in [0.2, 0.25) is 0 Å². The molecule has 1 saturated carbocycles. The number of carboxylic acids is 1. The van der Waals surface area contributed by atoms with Crippen LogP contribution in [0.5, 0.6) is 0 Å². The van der Waals surface area contributed by atoms with Gasteiger partial charge >= 0.3 is 5.97 Å². The third-order valence-corrected chi connectivity index (χ3v) is 6.99. The fourth-order valence-electron chi connectivity index (χ4n) is 5.13. The summed E-state index contributed by atoms with van der Waals surface area (Å²) in [5.74, 6) is -0.242. The lowest BCUT2D eigenvalue weighted by atomic mass is 10.0. The number of nitrogens with one attached hydrogen (secondary N) is 1. The number of aromatic nitrogens is 2. The van der Waals surface area contributed by atoms with Gasteiger partial charge in [0.2, 0.25) is 5.95 Å². The van der Waals surface area contributed by atoms with Crippen LogP contribution < -0.4 is 15.8 Å². The average Bonchev–Trinajstić information content (AvgIpc) is 3.42. The number of fused-ring (bicyclic) bond motifs is 1. The number of benzene rings is 2. The molecule has 2 aromatic carbocycles. The molecule has 1 unspecified atom stereocenters. The maximum Gasteiger partial charge on any atom is 0.337 e. The summed E-state index contributed by atoms with van der Waals surface area (Å²) in [6.45, 7) is 4.87. The molecule has 7 nitrogen and oxygen atoms in total. The lowest BCUT2D eigenvalue weighted by Gasteiger charge is -2.28. The van der Waals surface area contributed by atoms with Gasteiger partial charge in [0, 0.05) is 30.4 Å². The second kappa shape index (κ2) is 7.36. The molecule has 1 spiro atoms. The van der Waals surface area contributed by atoms with Crippen molar-refractivity contribution in [2.45, 2.75) is 51.1 Å². The maximum absolute atomic E-state index is 13.4. The number of carboxylic acid groups (broad SMARTS) is 1. The topological polar surface area (TPSA) is 87.5 Å². The number of aromatic carboxylic acids is 1. The summed E-state index contributed by atoms with van der Waals surface area (Å²) in [5.41, 5.74) is 3.44. The van der Waals surface area contributed by atoms with Crippen molar-refractivity contribution >= 4 is 28.5 Å². The highest BCUT2D eigenvalue weighted by molar-refractivity contribution is 5.94. The smallest absolute Gasteiger partial charge is 0.337 e. The van der Waals surface area contributed by atoms with Crippen molar-refractivity contribution in [3.05, 3.63) is 63.4 Å². The van der Waals surface area contributed by atoms with Gasteiger partial charge in [-0.1, -0.05) is 18.2 Å². The van der Waals surface area contributed by atoms with Gasteiger partial charge < -0.3 is 15.3 Å². The molecule has 1 aliphatic carbocycles. The molecule has 0 radical (unpaired) electrons. The summed E-state index contributed by atoms with van der Waals surface area (Å²) < 4.78 is 1.69. The van der Waals surface area contributed by atoms with Crippen LogP contribution in [0, 0.1) is 6.92 Å². The summed E-state index contributed by atoms with van der Waals surface area (Å²) in [4.78, 5) is 32.4. The van der Waals surface area contributed by atoms with Crippen LogP contribution in [0.25, 0.3) is 10.9 Å². The van der Waals surface area contributed by atoms with Gasteiger partial charge in [0.1, 0.15) is 0 Å². The fourth-order valence-corrected chi connectivity index (χ4v) is 5.13. The molecule has 2 N–H and O–H groups in total. The van der Waals surface area contributed by atoms with Gasteiger partial charge in [-0.2, -0.15) is 0 Å². The molecule has 2 fully saturated rings. The van der Waals surface area contributed by atoms with Crippen molar-refractivity contribution in [1.29, 1.82) is 0 Å². The second-order valence-corrected chi connectivity index (χ2v) is 9.22. The highest BCUT2D eigenvalue weighted by Gasteiger charge is 2.52. The summed E-state index contributed by atoms with van der Waals surface area (Å²) in [5, 5.41) is 13.5. The third kappa shape index (κ3) is 3.23. The largest absolute Gasteiger partial charge is 0.478 e. The average molecular weight is 433 g/mol. The monoisotopic (exact) mass is 432 g/mol. The number of hydrogen-bond acceptors (Lipinski definition) is 5. The molecule has 0 bridgehead atoms. The van der Waals surface area contributed by atoms with E-state index in [1.807, 2.05) is 39.1 Å². The van der Waals surface area contributed by atoms with Crippen LogP contribution in [-0.4, -0.2) is 32.7 Å². The van der Waals surface area contributed by atoms with E-state index in [1.54, 1.807) is 22.8 Å². The van der Waals surface area contributed by atoms with Gasteiger partial charge in [-0.05, 0) is 63.3 Å². The van der Waals surface area contributed by atoms with E-state index in [9.17, 15) is 14.7 Å². The molecule has 1 aliphatic heterocycles. The molecule has 1 atom stereocenters. The fraction of sp³-hybridized carbons (Fsp3) is 0.400. The van der Waals surface area contributed by atoms with E-state index in [4.69, 9.17) is 4.98 Å². The zero-order chi connectivity index (χ0) is 22.6. The lowest BCUT2D eigenvalue weighted by Crippen LogP contribution is -2.37. The number of anilines is 2. The molecule has 7 heteroatoms. The van der Waals surface area contributed by atoms with E-state index in [1.165, 1.54) is 0 Å². The van der Waals surface area contributed by atoms with E-state index in [2.05, 4.69) is 10.2 Å². The number of para-hydroxylation sites is 1. The minimum Gasteiger partial charge on any atom is -0.478 e. The van der Waals surface area contributed by atoms with Crippen LogP contribution >= 0.6 is 0 Å². The zero-order valence-corrected chi connectivity index (χ0v) is 18.7. The van der Waals surface area contributed by atoms with Gasteiger partial charge in [0.15, 0.2) is 0 Å². The van der Waals surface area contributed by atoms with E-state index in [0.717, 1.165) is 49.3 Å². The molecule has 0 amide bonds. The van der Waals surface area contributed by atoms with Crippen LogP contribution in [-0.2, 0) is 7.05 Å². The number of hydrogen-bond donors (Lipinski definition) is 2. The molecule has 3 aromatic rings. The van der Waals surface area contributed by atoms with Crippen LogP contribution in [0.15, 0.2) is 41.2 Å². The molecular weight excluding hydrogens is 404 g/mol. The number of rotatable bonds is 5. The van der Waals surface area contributed by atoms with Gasteiger partial charge in [-0.3, -0.25) is 9.36 Å². The standard InChI is InChI=1S/C25H28N4O3/c1-15-13-18(16(2)26-20-8-5-4-7-17(20)23(31)32)21-19(14-15)22(30)28(3)24(27-21)29-12-6-9-25(29)10-11-25/h4-5,7-8,13-14,16,26H,6,9-12H2,1-3H3,(H,31,32). The van der Waals surface area contributed by atoms with Gasteiger partial charge in [-0.15, -0.1) is 0 Å². The molecule has 1 saturated heterocycles. The predicted molar refractivity (Wildman–Crippen MR) is 126 cm³/mol. The Balaban J connectivity index is 1.63. The van der Waals surface area contributed by atoms with Crippen molar-refractivity contribution in [1.82, 2.24) is 9.55 Å². The first-order chi connectivity index (χ1) is 15.3. The van der Waals surface area contributed by atoms with E-state index in [-0.39, 0.29) is 22.7 Å². The van der Waals surface area contributed by atoms with Crippen LogP contribution in [0.3, 0.4) is 0 Å². The SMILES string of the molecule is Cc1cc(C(C)Nc2ccccc2C(=O)O)c2nc(N3CCCC34CC4)n(C)c(=O)c2c1. The molecule has 2 heterocycles.